The van der Waals surface area contributed by atoms with Gasteiger partial charge in [0.25, 0.3) is 0 Å². The van der Waals surface area contributed by atoms with Crippen LogP contribution in [0.2, 0.25) is 0 Å². The van der Waals surface area contributed by atoms with Gasteiger partial charge in [0.1, 0.15) is 10.7 Å². The summed E-state index contributed by atoms with van der Waals surface area (Å²) in [5, 5.41) is 0. The third-order valence-corrected chi connectivity index (χ3v) is 2.79. The Morgan fingerprint density at radius 2 is 2.00 bits per heavy atom. The number of rotatable bonds is 6. The Bertz CT molecular complexity index is 545. The standard InChI is InChI=1S/C14H15N3OS/c15-14(19)12-4-1-5-13(17-12)18-10-2-3-11-6-8-16-9-7-11/h1,4-9H,2-3,10H2,(H2,15,19). The minimum atomic E-state index is 0.280. The minimum absolute atomic E-state index is 0.280. The van der Waals surface area contributed by atoms with Crippen molar-refractivity contribution in [2.45, 2.75) is 12.8 Å². The van der Waals surface area contributed by atoms with Gasteiger partial charge in [-0.05, 0) is 36.6 Å². The lowest BCUT2D eigenvalue weighted by molar-refractivity contribution is 0.299. The molecule has 2 rings (SSSR count). The lowest BCUT2D eigenvalue weighted by atomic mass is 10.1. The molecule has 5 heteroatoms. The Labute approximate surface area is 117 Å². The summed E-state index contributed by atoms with van der Waals surface area (Å²) in [7, 11) is 0. The van der Waals surface area contributed by atoms with E-state index in [1.54, 1.807) is 24.5 Å². The van der Waals surface area contributed by atoms with Gasteiger partial charge >= 0.3 is 0 Å². The predicted molar refractivity (Wildman–Crippen MR) is 78.2 cm³/mol. The van der Waals surface area contributed by atoms with Crippen LogP contribution in [0.5, 0.6) is 5.88 Å². The van der Waals surface area contributed by atoms with Gasteiger partial charge in [-0.1, -0.05) is 18.3 Å². The maximum absolute atomic E-state index is 5.58. The van der Waals surface area contributed by atoms with Crippen molar-refractivity contribution >= 4 is 17.2 Å². The van der Waals surface area contributed by atoms with Gasteiger partial charge < -0.3 is 10.5 Å². The molecule has 98 valence electrons. The van der Waals surface area contributed by atoms with E-state index in [0.717, 1.165) is 12.8 Å². The molecule has 2 N–H and O–H groups in total. The molecule has 2 aromatic heterocycles. The molecule has 0 radical (unpaired) electrons. The fourth-order valence-corrected chi connectivity index (χ4v) is 1.75. The van der Waals surface area contributed by atoms with Crippen molar-refractivity contribution in [2.24, 2.45) is 5.73 Å². The van der Waals surface area contributed by atoms with E-state index in [2.05, 4.69) is 9.97 Å². The van der Waals surface area contributed by atoms with Crippen molar-refractivity contribution in [3.8, 4) is 5.88 Å². The SMILES string of the molecule is NC(=S)c1cccc(OCCCc2ccncc2)n1. The van der Waals surface area contributed by atoms with E-state index in [4.69, 9.17) is 22.7 Å². The molecule has 19 heavy (non-hydrogen) atoms. The smallest absolute Gasteiger partial charge is 0.213 e. The first-order chi connectivity index (χ1) is 9.25. The number of hydrogen-bond acceptors (Lipinski definition) is 4. The monoisotopic (exact) mass is 273 g/mol. The van der Waals surface area contributed by atoms with Crippen molar-refractivity contribution < 1.29 is 4.74 Å². The Hall–Kier alpha value is -2.01. The summed E-state index contributed by atoms with van der Waals surface area (Å²) in [6.45, 7) is 0.607. The highest BCUT2D eigenvalue weighted by atomic mass is 32.1. The van der Waals surface area contributed by atoms with Crippen molar-refractivity contribution in [3.63, 3.8) is 0 Å². The van der Waals surface area contributed by atoms with E-state index in [-0.39, 0.29) is 4.99 Å². The maximum Gasteiger partial charge on any atom is 0.213 e. The van der Waals surface area contributed by atoms with Gasteiger partial charge in [-0.25, -0.2) is 4.98 Å². The molecule has 0 aliphatic rings. The fraction of sp³-hybridized carbons (Fsp3) is 0.214. The number of aromatic nitrogens is 2. The first kappa shape index (κ1) is 13.4. The lowest BCUT2D eigenvalue weighted by Gasteiger charge is -2.06. The molecule has 0 unspecified atom stereocenters. The summed E-state index contributed by atoms with van der Waals surface area (Å²) in [5.41, 5.74) is 7.36. The van der Waals surface area contributed by atoms with E-state index in [1.165, 1.54) is 5.56 Å². The van der Waals surface area contributed by atoms with Crippen LogP contribution in [-0.4, -0.2) is 21.6 Å². The molecule has 2 aromatic rings. The third kappa shape index (κ3) is 4.30. The molecule has 0 aliphatic heterocycles. The third-order valence-electron chi connectivity index (χ3n) is 2.59. The average molecular weight is 273 g/mol. The summed E-state index contributed by atoms with van der Waals surface area (Å²) in [6.07, 6.45) is 5.47. The molecule has 0 saturated carbocycles. The molecule has 0 bridgehead atoms. The molecule has 0 aromatic carbocycles. The second kappa shape index (κ2) is 6.80. The number of nitrogens with two attached hydrogens (primary N) is 1. The highest BCUT2D eigenvalue weighted by Crippen LogP contribution is 2.09. The summed E-state index contributed by atoms with van der Waals surface area (Å²) >= 11 is 4.87. The van der Waals surface area contributed by atoms with Crippen LogP contribution in [0.15, 0.2) is 42.7 Å². The van der Waals surface area contributed by atoms with Crippen LogP contribution >= 0.6 is 12.2 Å². The van der Waals surface area contributed by atoms with Crippen LogP contribution in [0.4, 0.5) is 0 Å². The topological polar surface area (TPSA) is 61.0 Å². The van der Waals surface area contributed by atoms with Crippen LogP contribution in [-0.2, 0) is 6.42 Å². The van der Waals surface area contributed by atoms with E-state index >= 15 is 0 Å². The summed E-state index contributed by atoms with van der Waals surface area (Å²) in [5.74, 6) is 0.556. The van der Waals surface area contributed by atoms with Crippen molar-refractivity contribution in [1.29, 1.82) is 0 Å². The molecule has 0 fully saturated rings. The Balaban J connectivity index is 1.80. The summed E-state index contributed by atoms with van der Waals surface area (Å²) in [6, 6.07) is 9.41. The Morgan fingerprint density at radius 1 is 1.21 bits per heavy atom. The molecular formula is C14H15N3OS. The number of aryl methyl sites for hydroxylation is 1. The largest absolute Gasteiger partial charge is 0.478 e. The number of hydrogen-bond donors (Lipinski definition) is 1. The van der Waals surface area contributed by atoms with E-state index in [0.29, 0.717) is 18.2 Å². The molecule has 0 aliphatic carbocycles. The number of thiocarbonyl (C=S) groups is 1. The van der Waals surface area contributed by atoms with Crippen molar-refractivity contribution in [1.82, 2.24) is 9.97 Å². The normalized spacial score (nSPS) is 10.1. The molecule has 2 heterocycles. The Kier molecular flexibility index (Phi) is 4.80. The molecule has 0 amide bonds. The van der Waals surface area contributed by atoms with Gasteiger partial charge in [0, 0.05) is 18.5 Å². The van der Waals surface area contributed by atoms with Crippen molar-refractivity contribution in [3.05, 3.63) is 54.0 Å². The second-order valence-corrected chi connectivity index (χ2v) is 4.47. The van der Waals surface area contributed by atoms with Gasteiger partial charge in [0.15, 0.2) is 0 Å². The molecule has 0 saturated heterocycles. The van der Waals surface area contributed by atoms with E-state index in [9.17, 15) is 0 Å². The van der Waals surface area contributed by atoms with Crippen LogP contribution in [0.3, 0.4) is 0 Å². The average Bonchev–Trinajstić information content (AvgIpc) is 2.45. The molecular weight excluding hydrogens is 258 g/mol. The van der Waals surface area contributed by atoms with Crippen LogP contribution in [0.1, 0.15) is 17.7 Å². The van der Waals surface area contributed by atoms with Crippen LogP contribution < -0.4 is 10.5 Å². The van der Waals surface area contributed by atoms with Crippen molar-refractivity contribution in [2.75, 3.05) is 6.61 Å². The minimum Gasteiger partial charge on any atom is -0.478 e. The second-order valence-electron chi connectivity index (χ2n) is 4.03. The van der Waals surface area contributed by atoms with Gasteiger partial charge in [0.2, 0.25) is 5.88 Å². The summed E-state index contributed by atoms with van der Waals surface area (Å²) in [4.78, 5) is 8.48. The first-order valence-electron chi connectivity index (χ1n) is 6.04. The van der Waals surface area contributed by atoms with E-state index < -0.39 is 0 Å². The molecule has 0 atom stereocenters. The van der Waals surface area contributed by atoms with Crippen LogP contribution in [0.25, 0.3) is 0 Å². The van der Waals surface area contributed by atoms with Gasteiger partial charge in [-0.2, -0.15) is 0 Å². The highest BCUT2D eigenvalue weighted by molar-refractivity contribution is 7.80. The zero-order chi connectivity index (χ0) is 13.5. The zero-order valence-corrected chi connectivity index (χ0v) is 11.3. The maximum atomic E-state index is 5.58. The first-order valence-corrected chi connectivity index (χ1v) is 6.45. The van der Waals surface area contributed by atoms with Crippen LogP contribution in [0, 0.1) is 0 Å². The molecule has 0 spiro atoms. The fourth-order valence-electron chi connectivity index (χ4n) is 1.63. The number of nitrogens with zero attached hydrogens (tertiary/aromatic N) is 2. The summed E-state index contributed by atoms with van der Waals surface area (Å²) < 4.78 is 5.58. The van der Waals surface area contributed by atoms with Gasteiger partial charge in [0.05, 0.1) is 6.61 Å². The number of pyridine rings is 2. The van der Waals surface area contributed by atoms with E-state index in [1.807, 2.05) is 18.2 Å². The highest BCUT2D eigenvalue weighted by Gasteiger charge is 2.01. The predicted octanol–water partition coefficient (Wildman–Crippen LogP) is 2.12. The number of ether oxygens (including phenoxy) is 1. The Morgan fingerprint density at radius 3 is 2.74 bits per heavy atom. The molecule has 4 nitrogen and oxygen atoms in total. The quantitative estimate of drug-likeness (QED) is 0.645. The van der Waals surface area contributed by atoms with Gasteiger partial charge in [-0.3, -0.25) is 4.98 Å². The van der Waals surface area contributed by atoms with Gasteiger partial charge in [-0.15, -0.1) is 0 Å². The lowest BCUT2D eigenvalue weighted by Crippen LogP contribution is -2.12. The zero-order valence-electron chi connectivity index (χ0n) is 10.5.